The van der Waals surface area contributed by atoms with Crippen LogP contribution >= 0.6 is 23.2 Å². The Morgan fingerprint density at radius 2 is 1.83 bits per heavy atom. The van der Waals surface area contributed by atoms with Gasteiger partial charge in [-0.05, 0) is 37.6 Å². The van der Waals surface area contributed by atoms with Crippen LogP contribution in [0.3, 0.4) is 0 Å². The molecule has 0 bridgehead atoms. The van der Waals surface area contributed by atoms with E-state index < -0.39 is 0 Å². The summed E-state index contributed by atoms with van der Waals surface area (Å²) in [5.74, 6) is -0.160. The topological polar surface area (TPSA) is 42.2 Å². The van der Waals surface area contributed by atoms with Crippen molar-refractivity contribution >= 4 is 23.2 Å². The molecular formula is C13H11Cl2NO2. The fourth-order valence-corrected chi connectivity index (χ4v) is 2.07. The number of aromatic hydroxyl groups is 1. The van der Waals surface area contributed by atoms with Crippen LogP contribution in [0.1, 0.15) is 11.1 Å². The molecule has 1 N–H and O–H groups in total. The third-order valence-electron chi connectivity index (χ3n) is 2.84. The third kappa shape index (κ3) is 2.11. The van der Waals surface area contributed by atoms with E-state index >= 15 is 0 Å². The monoisotopic (exact) mass is 283 g/mol. The van der Waals surface area contributed by atoms with Crippen LogP contribution in [0.4, 0.5) is 0 Å². The van der Waals surface area contributed by atoms with E-state index in [1.165, 1.54) is 6.07 Å². The van der Waals surface area contributed by atoms with Crippen molar-refractivity contribution in [1.82, 2.24) is 4.57 Å². The summed E-state index contributed by atoms with van der Waals surface area (Å²) in [6.45, 7) is 3.46. The lowest BCUT2D eigenvalue weighted by molar-refractivity contribution is 0.434. The SMILES string of the molecule is Cc1cc(O)n(-c2cc(Cl)ccc2Cl)c(=O)c1C. The smallest absolute Gasteiger partial charge is 0.261 e. The minimum absolute atomic E-state index is 0.160. The maximum absolute atomic E-state index is 12.2. The van der Waals surface area contributed by atoms with Crippen molar-refractivity contribution in [2.75, 3.05) is 0 Å². The number of hydrogen-bond donors (Lipinski definition) is 1. The number of rotatable bonds is 1. The molecule has 0 unspecified atom stereocenters. The van der Waals surface area contributed by atoms with Crippen LogP contribution in [-0.2, 0) is 0 Å². The van der Waals surface area contributed by atoms with Crippen LogP contribution < -0.4 is 5.56 Å². The van der Waals surface area contributed by atoms with Gasteiger partial charge in [-0.25, -0.2) is 4.57 Å². The molecule has 5 heteroatoms. The van der Waals surface area contributed by atoms with E-state index in [-0.39, 0.29) is 11.4 Å². The van der Waals surface area contributed by atoms with E-state index in [1.807, 2.05) is 0 Å². The van der Waals surface area contributed by atoms with Gasteiger partial charge in [-0.1, -0.05) is 23.2 Å². The first kappa shape index (κ1) is 13.0. The highest BCUT2D eigenvalue weighted by Crippen LogP contribution is 2.26. The van der Waals surface area contributed by atoms with E-state index in [0.717, 1.165) is 10.1 Å². The molecule has 0 radical (unpaired) electrons. The molecule has 1 heterocycles. The highest BCUT2D eigenvalue weighted by molar-refractivity contribution is 6.34. The van der Waals surface area contributed by atoms with Gasteiger partial charge in [-0.3, -0.25) is 4.79 Å². The highest BCUT2D eigenvalue weighted by atomic mass is 35.5. The second kappa shape index (κ2) is 4.67. The predicted octanol–water partition coefficient (Wildman–Crippen LogP) is 3.47. The molecule has 0 aliphatic heterocycles. The molecule has 0 amide bonds. The number of halogens is 2. The third-order valence-corrected chi connectivity index (χ3v) is 3.39. The lowest BCUT2D eigenvalue weighted by Crippen LogP contribution is -2.21. The van der Waals surface area contributed by atoms with Crippen molar-refractivity contribution in [3.05, 3.63) is 55.8 Å². The molecule has 0 atom stereocenters. The Kier molecular flexibility index (Phi) is 3.37. The lowest BCUT2D eigenvalue weighted by atomic mass is 10.1. The minimum Gasteiger partial charge on any atom is -0.494 e. The first-order valence-electron chi connectivity index (χ1n) is 5.29. The van der Waals surface area contributed by atoms with Gasteiger partial charge in [0, 0.05) is 16.7 Å². The first-order valence-corrected chi connectivity index (χ1v) is 6.05. The zero-order valence-corrected chi connectivity index (χ0v) is 11.4. The van der Waals surface area contributed by atoms with Gasteiger partial charge < -0.3 is 5.11 Å². The van der Waals surface area contributed by atoms with Gasteiger partial charge in [-0.15, -0.1) is 0 Å². The zero-order valence-electron chi connectivity index (χ0n) is 9.87. The molecule has 1 aromatic carbocycles. The maximum atomic E-state index is 12.2. The van der Waals surface area contributed by atoms with Gasteiger partial charge >= 0.3 is 0 Å². The molecule has 94 valence electrons. The Labute approximate surface area is 114 Å². The summed E-state index contributed by atoms with van der Waals surface area (Å²) in [5, 5.41) is 10.7. The van der Waals surface area contributed by atoms with Crippen LogP contribution in [-0.4, -0.2) is 9.67 Å². The molecule has 0 aliphatic rings. The van der Waals surface area contributed by atoms with Gasteiger partial charge in [-0.2, -0.15) is 0 Å². The van der Waals surface area contributed by atoms with Crippen molar-refractivity contribution in [3.63, 3.8) is 0 Å². The summed E-state index contributed by atoms with van der Waals surface area (Å²) >= 11 is 11.9. The number of aryl methyl sites for hydroxylation is 1. The average molecular weight is 284 g/mol. The fraction of sp³-hybridized carbons (Fsp3) is 0.154. The van der Waals surface area contributed by atoms with E-state index in [4.69, 9.17) is 23.2 Å². The molecule has 0 saturated carbocycles. The zero-order chi connectivity index (χ0) is 13.4. The number of aromatic nitrogens is 1. The Morgan fingerprint density at radius 3 is 2.50 bits per heavy atom. The Morgan fingerprint density at radius 1 is 1.17 bits per heavy atom. The van der Waals surface area contributed by atoms with Crippen LogP contribution in [0, 0.1) is 13.8 Å². The fourth-order valence-electron chi connectivity index (χ4n) is 1.70. The number of nitrogens with zero attached hydrogens (tertiary/aromatic N) is 1. The quantitative estimate of drug-likeness (QED) is 0.871. The molecule has 0 fully saturated rings. The number of benzene rings is 1. The van der Waals surface area contributed by atoms with E-state index in [9.17, 15) is 9.90 Å². The second-order valence-electron chi connectivity index (χ2n) is 4.05. The van der Waals surface area contributed by atoms with Gasteiger partial charge in [0.25, 0.3) is 5.56 Å². The molecule has 0 aliphatic carbocycles. The van der Waals surface area contributed by atoms with Crippen molar-refractivity contribution in [2.24, 2.45) is 0 Å². The molecule has 0 spiro atoms. The minimum atomic E-state index is -0.309. The van der Waals surface area contributed by atoms with Crippen molar-refractivity contribution < 1.29 is 5.11 Å². The highest BCUT2D eigenvalue weighted by Gasteiger charge is 2.13. The average Bonchev–Trinajstić information content (AvgIpc) is 2.31. The van der Waals surface area contributed by atoms with Crippen molar-refractivity contribution in [2.45, 2.75) is 13.8 Å². The van der Waals surface area contributed by atoms with E-state index in [1.54, 1.807) is 32.0 Å². The van der Waals surface area contributed by atoms with Gasteiger partial charge in [0.05, 0.1) is 10.7 Å². The summed E-state index contributed by atoms with van der Waals surface area (Å²) in [6.07, 6.45) is 0. The summed E-state index contributed by atoms with van der Waals surface area (Å²) in [6, 6.07) is 6.27. The lowest BCUT2D eigenvalue weighted by Gasteiger charge is -2.13. The number of pyridine rings is 1. The summed E-state index contributed by atoms with van der Waals surface area (Å²) in [5.41, 5.74) is 1.35. The molecule has 3 nitrogen and oxygen atoms in total. The van der Waals surface area contributed by atoms with Gasteiger partial charge in [0.1, 0.15) is 0 Å². The van der Waals surface area contributed by atoms with Gasteiger partial charge in [0.15, 0.2) is 5.88 Å². The Bertz CT molecular complexity index is 677. The van der Waals surface area contributed by atoms with Gasteiger partial charge in [0.2, 0.25) is 0 Å². The van der Waals surface area contributed by atoms with Crippen LogP contribution in [0.15, 0.2) is 29.1 Å². The Hall–Kier alpha value is -1.45. The molecule has 18 heavy (non-hydrogen) atoms. The number of hydrogen-bond acceptors (Lipinski definition) is 2. The second-order valence-corrected chi connectivity index (χ2v) is 4.89. The largest absolute Gasteiger partial charge is 0.494 e. The summed E-state index contributed by atoms with van der Waals surface area (Å²) in [4.78, 5) is 12.2. The van der Waals surface area contributed by atoms with Crippen LogP contribution in [0.25, 0.3) is 5.69 Å². The Balaban J connectivity index is 2.84. The summed E-state index contributed by atoms with van der Waals surface area (Å²) in [7, 11) is 0. The normalized spacial score (nSPS) is 10.7. The van der Waals surface area contributed by atoms with E-state index in [0.29, 0.717) is 21.3 Å². The van der Waals surface area contributed by atoms with Crippen molar-refractivity contribution in [3.8, 4) is 11.6 Å². The maximum Gasteiger partial charge on any atom is 0.261 e. The van der Waals surface area contributed by atoms with Crippen molar-refractivity contribution in [1.29, 1.82) is 0 Å². The first-order chi connectivity index (χ1) is 8.41. The van der Waals surface area contributed by atoms with Crippen LogP contribution in [0.5, 0.6) is 5.88 Å². The molecule has 2 aromatic rings. The standard InChI is InChI=1S/C13H11Cl2NO2/c1-7-5-12(17)16(13(18)8(7)2)11-6-9(14)3-4-10(11)15/h3-6,17H,1-2H3. The molecule has 1 aromatic heterocycles. The molecular weight excluding hydrogens is 273 g/mol. The predicted molar refractivity (Wildman–Crippen MR) is 73.2 cm³/mol. The molecule has 2 rings (SSSR count). The van der Waals surface area contributed by atoms with Crippen LogP contribution in [0.2, 0.25) is 10.0 Å². The summed E-state index contributed by atoms with van der Waals surface area (Å²) < 4.78 is 1.15. The molecule has 0 saturated heterocycles. The van der Waals surface area contributed by atoms with E-state index in [2.05, 4.69) is 0 Å².